The van der Waals surface area contributed by atoms with E-state index in [4.69, 9.17) is 4.74 Å². The molecule has 1 aliphatic heterocycles. The summed E-state index contributed by atoms with van der Waals surface area (Å²) in [5.74, 6) is 0.483. The molecule has 2 amide bonds. The zero-order valence-electron chi connectivity index (χ0n) is 14.1. The van der Waals surface area contributed by atoms with E-state index < -0.39 is 0 Å². The molecule has 1 atom stereocenters. The molecule has 1 aromatic rings. The van der Waals surface area contributed by atoms with Gasteiger partial charge in [0, 0.05) is 44.0 Å². The lowest BCUT2D eigenvalue weighted by Crippen LogP contribution is -2.48. The first-order valence-electron chi connectivity index (χ1n) is 8.00. The normalized spacial score (nSPS) is 18.3. The smallest absolute Gasteiger partial charge is 0.317 e. The summed E-state index contributed by atoms with van der Waals surface area (Å²) in [6.45, 7) is 7.67. The Balaban J connectivity index is 1.77. The minimum atomic E-state index is -0.222. The number of methoxy groups -OCH3 is 1. The van der Waals surface area contributed by atoms with Crippen molar-refractivity contribution in [3.05, 3.63) is 18.2 Å². The summed E-state index contributed by atoms with van der Waals surface area (Å²) in [6.07, 6.45) is 6.35. The van der Waals surface area contributed by atoms with Crippen molar-refractivity contribution in [1.82, 2.24) is 20.2 Å². The summed E-state index contributed by atoms with van der Waals surface area (Å²) in [4.78, 5) is 21.5. The second kappa shape index (κ2) is 7.13. The van der Waals surface area contributed by atoms with Gasteiger partial charge in [-0.3, -0.25) is 0 Å². The largest absolute Gasteiger partial charge is 0.379 e. The number of amides is 2. The summed E-state index contributed by atoms with van der Waals surface area (Å²) in [7, 11) is 1.70. The molecule has 0 bridgehead atoms. The Morgan fingerprint density at radius 2 is 2.23 bits per heavy atom. The van der Waals surface area contributed by atoms with Gasteiger partial charge in [-0.05, 0) is 40.0 Å². The molecule has 2 rings (SSSR count). The van der Waals surface area contributed by atoms with E-state index >= 15 is 0 Å². The van der Waals surface area contributed by atoms with Gasteiger partial charge in [0.25, 0.3) is 0 Å². The molecule has 6 heteroatoms. The number of aromatic amines is 1. The first-order chi connectivity index (χ1) is 10.4. The SMILES string of the molecule is COC(C)(C)C[C@@H](C)NC(=O)N1CCC(c2cnc[nH]2)CC1. The molecule has 124 valence electrons. The van der Waals surface area contributed by atoms with Gasteiger partial charge in [-0.1, -0.05) is 0 Å². The Morgan fingerprint density at radius 3 is 2.77 bits per heavy atom. The standard InChI is InChI=1S/C16H28N4O2/c1-12(9-16(2,3)22-4)19-15(21)20-7-5-13(6-8-20)14-10-17-11-18-14/h10-13H,5-9H2,1-4H3,(H,17,18)(H,19,21)/t12-/m1/s1. The monoisotopic (exact) mass is 308 g/mol. The molecule has 1 saturated heterocycles. The van der Waals surface area contributed by atoms with Gasteiger partial charge in [0.15, 0.2) is 0 Å². The van der Waals surface area contributed by atoms with Crippen LogP contribution in [0.2, 0.25) is 0 Å². The van der Waals surface area contributed by atoms with Crippen molar-refractivity contribution in [3.8, 4) is 0 Å². The summed E-state index contributed by atoms with van der Waals surface area (Å²) < 4.78 is 5.42. The van der Waals surface area contributed by atoms with Gasteiger partial charge in [-0.15, -0.1) is 0 Å². The number of urea groups is 1. The van der Waals surface area contributed by atoms with Crippen molar-refractivity contribution in [2.24, 2.45) is 0 Å². The van der Waals surface area contributed by atoms with E-state index in [0.717, 1.165) is 32.4 Å². The maximum absolute atomic E-state index is 12.3. The number of nitrogens with zero attached hydrogens (tertiary/aromatic N) is 2. The average molecular weight is 308 g/mol. The van der Waals surface area contributed by atoms with Gasteiger partial charge in [-0.25, -0.2) is 9.78 Å². The van der Waals surface area contributed by atoms with Crippen molar-refractivity contribution in [2.75, 3.05) is 20.2 Å². The number of hydrogen-bond donors (Lipinski definition) is 2. The van der Waals surface area contributed by atoms with Crippen LogP contribution in [-0.2, 0) is 4.74 Å². The lowest BCUT2D eigenvalue weighted by atomic mass is 9.94. The van der Waals surface area contributed by atoms with Crippen LogP contribution in [0.15, 0.2) is 12.5 Å². The van der Waals surface area contributed by atoms with Crippen molar-refractivity contribution in [1.29, 1.82) is 0 Å². The molecule has 2 heterocycles. The molecule has 0 spiro atoms. The highest BCUT2D eigenvalue weighted by Crippen LogP contribution is 2.26. The van der Waals surface area contributed by atoms with Crippen LogP contribution in [0, 0.1) is 0 Å². The second-order valence-corrected chi connectivity index (χ2v) is 6.79. The third-order valence-electron chi connectivity index (χ3n) is 4.46. The van der Waals surface area contributed by atoms with Crippen molar-refractivity contribution in [2.45, 2.75) is 57.6 Å². The molecule has 1 fully saturated rings. The number of H-pyrrole nitrogens is 1. The molecule has 1 aromatic heterocycles. The Labute approximate surface area is 132 Å². The molecule has 2 N–H and O–H groups in total. The predicted molar refractivity (Wildman–Crippen MR) is 85.8 cm³/mol. The number of piperidine rings is 1. The third kappa shape index (κ3) is 4.47. The average Bonchev–Trinajstić information content (AvgIpc) is 3.01. The number of ether oxygens (including phenoxy) is 1. The van der Waals surface area contributed by atoms with Crippen LogP contribution >= 0.6 is 0 Å². The fraction of sp³-hybridized carbons (Fsp3) is 0.750. The predicted octanol–water partition coefficient (Wildman–Crippen LogP) is 2.50. The zero-order chi connectivity index (χ0) is 16.2. The number of hydrogen-bond acceptors (Lipinski definition) is 3. The number of nitrogens with one attached hydrogen (secondary N) is 2. The summed E-state index contributed by atoms with van der Waals surface area (Å²) in [6, 6.07) is 0.121. The minimum Gasteiger partial charge on any atom is -0.379 e. The molecule has 6 nitrogen and oxygen atoms in total. The molecule has 1 aliphatic rings. The summed E-state index contributed by atoms with van der Waals surface area (Å²) >= 11 is 0. The van der Waals surface area contributed by atoms with Crippen LogP contribution in [0.3, 0.4) is 0 Å². The Hall–Kier alpha value is -1.56. The summed E-state index contributed by atoms with van der Waals surface area (Å²) in [5, 5.41) is 3.08. The highest BCUT2D eigenvalue weighted by molar-refractivity contribution is 5.74. The number of rotatable bonds is 5. The molecule has 0 radical (unpaired) electrons. The van der Waals surface area contributed by atoms with Gasteiger partial charge in [0.05, 0.1) is 11.9 Å². The topological polar surface area (TPSA) is 70.2 Å². The Bertz CT molecular complexity index is 465. The van der Waals surface area contributed by atoms with E-state index in [0.29, 0.717) is 5.92 Å². The van der Waals surface area contributed by atoms with Crippen LogP contribution < -0.4 is 5.32 Å². The van der Waals surface area contributed by atoms with Gasteiger partial charge in [0.1, 0.15) is 0 Å². The molecule has 0 saturated carbocycles. The lowest BCUT2D eigenvalue weighted by Gasteiger charge is -2.33. The van der Waals surface area contributed by atoms with E-state index in [9.17, 15) is 4.79 Å². The minimum absolute atomic E-state index is 0.0301. The number of likely N-dealkylation sites (tertiary alicyclic amines) is 1. The van der Waals surface area contributed by atoms with Crippen LogP contribution in [0.5, 0.6) is 0 Å². The lowest BCUT2D eigenvalue weighted by molar-refractivity contribution is 0.00907. The van der Waals surface area contributed by atoms with E-state index in [1.165, 1.54) is 5.69 Å². The van der Waals surface area contributed by atoms with Crippen molar-refractivity contribution >= 4 is 6.03 Å². The van der Waals surface area contributed by atoms with Gasteiger partial charge < -0.3 is 19.9 Å². The van der Waals surface area contributed by atoms with Crippen molar-refractivity contribution in [3.63, 3.8) is 0 Å². The zero-order valence-corrected chi connectivity index (χ0v) is 14.1. The van der Waals surface area contributed by atoms with E-state index in [-0.39, 0.29) is 17.7 Å². The van der Waals surface area contributed by atoms with Gasteiger partial charge >= 0.3 is 6.03 Å². The van der Waals surface area contributed by atoms with Crippen LogP contribution in [0.4, 0.5) is 4.79 Å². The highest BCUT2D eigenvalue weighted by atomic mass is 16.5. The van der Waals surface area contributed by atoms with E-state index in [2.05, 4.69) is 15.3 Å². The summed E-state index contributed by atoms with van der Waals surface area (Å²) in [5.41, 5.74) is 0.954. The molecule has 0 aliphatic carbocycles. The van der Waals surface area contributed by atoms with Crippen LogP contribution in [-0.4, -0.2) is 52.7 Å². The number of imidazole rings is 1. The molecular formula is C16H28N4O2. The Kier molecular flexibility index (Phi) is 5.45. The maximum atomic E-state index is 12.3. The second-order valence-electron chi connectivity index (χ2n) is 6.79. The molecule has 22 heavy (non-hydrogen) atoms. The molecular weight excluding hydrogens is 280 g/mol. The Morgan fingerprint density at radius 1 is 1.55 bits per heavy atom. The molecule has 0 unspecified atom stereocenters. The fourth-order valence-electron chi connectivity index (χ4n) is 3.06. The fourth-order valence-corrected chi connectivity index (χ4v) is 3.06. The van der Waals surface area contributed by atoms with E-state index in [1.807, 2.05) is 31.9 Å². The third-order valence-corrected chi connectivity index (χ3v) is 4.46. The number of aromatic nitrogens is 2. The van der Waals surface area contributed by atoms with E-state index in [1.54, 1.807) is 13.4 Å². The van der Waals surface area contributed by atoms with Crippen molar-refractivity contribution < 1.29 is 9.53 Å². The maximum Gasteiger partial charge on any atom is 0.317 e. The molecule has 0 aromatic carbocycles. The quantitative estimate of drug-likeness (QED) is 0.878. The number of carbonyl (C=O) groups is 1. The van der Waals surface area contributed by atoms with Gasteiger partial charge in [0.2, 0.25) is 0 Å². The van der Waals surface area contributed by atoms with Crippen LogP contribution in [0.25, 0.3) is 0 Å². The van der Waals surface area contributed by atoms with Crippen LogP contribution in [0.1, 0.15) is 51.6 Å². The first-order valence-corrected chi connectivity index (χ1v) is 8.00. The van der Waals surface area contributed by atoms with Gasteiger partial charge in [-0.2, -0.15) is 0 Å². The number of carbonyl (C=O) groups excluding carboxylic acids is 1. The highest BCUT2D eigenvalue weighted by Gasteiger charge is 2.26. The first kappa shape index (κ1) is 16.8.